The maximum absolute atomic E-state index is 13.7. The number of rotatable bonds is 13. The van der Waals surface area contributed by atoms with Gasteiger partial charge in [-0.25, -0.2) is 8.42 Å². The summed E-state index contributed by atoms with van der Waals surface area (Å²) >= 11 is 1.88. The third-order valence-electron chi connectivity index (χ3n) is 6.00. The summed E-state index contributed by atoms with van der Waals surface area (Å²) in [6, 6.07) is 11.0. The van der Waals surface area contributed by atoms with Crippen molar-refractivity contribution in [3.8, 4) is 17.2 Å². The summed E-state index contributed by atoms with van der Waals surface area (Å²) in [5.74, 6) is 1.76. The highest BCUT2D eigenvalue weighted by atomic mass is 32.2. The molecular weight excluding hydrogens is 500 g/mol. The second-order valence-corrected chi connectivity index (χ2v) is 11.7. The van der Waals surface area contributed by atoms with Crippen LogP contribution in [0.2, 0.25) is 0 Å². The molecule has 0 heterocycles. The van der Waals surface area contributed by atoms with Gasteiger partial charge in [-0.1, -0.05) is 19.3 Å². The predicted molar refractivity (Wildman–Crippen MR) is 144 cm³/mol. The molecule has 2 aromatic carbocycles. The van der Waals surface area contributed by atoms with Gasteiger partial charge in [0.15, 0.2) is 11.5 Å². The predicted octanol–water partition coefficient (Wildman–Crippen LogP) is 4.48. The molecule has 0 atom stereocenters. The van der Waals surface area contributed by atoms with Crippen molar-refractivity contribution in [1.82, 2.24) is 5.32 Å². The van der Waals surface area contributed by atoms with Crippen molar-refractivity contribution >= 4 is 33.4 Å². The van der Waals surface area contributed by atoms with Crippen molar-refractivity contribution in [3.63, 3.8) is 0 Å². The normalized spacial score (nSPS) is 14.2. The molecule has 10 heteroatoms. The van der Waals surface area contributed by atoms with Crippen LogP contribution in [0.4, 0.5) is 5.69 Å². The van der Waals surface area contributed by atoms with E-state index in [1.54, 1.807) is 24.3 Å². The van der Waals surface area contributed by atoms with Crippen LogP contribution in [0.15, 0.2) is 47.4 Å². The SMILES string of the molecule is CCOc1ccc(N(CC(=O)NCCSC2CCCCC2)S(=O)(=O)c2ccc(OC)c(OC)c2)cc1. The van der Waals surface area contributed by atoms with E-state index in [1.807, 2.05) is 18.7 Å². The third kappa shape index (κ3) is 7.46. The lowest BCUT2D eigenvalue weighted by Gasteiger charge is -2.25. The molecule has 1 aliphatic carbocycles. The van der Waals surface area contributed by atoms with Gasteiger partial charge in [0.25, 0.3) is 10.0 Å². The Hall–Kier alpha value is -2.59. The first-order valence-corrected chi connectivity index (χ1v) is 14.7. The summed E-state index contributed by atoms with van der Waals surface area (Å²) in [6.45, 7) is 2.51. The molecule has 36 heavy (non-hydrogen) atoms. The Kier molecular flexibility index (Phi) is 10.6. The monoisotopic (exact) mass is 536 g/mol. The van der Waals surface area contributed by atoms with E-state index >= 15 is 0 Å². The molecule has 0 aliphatic heterocycles. The molecule has 3 rings (SSSR count). The molecule has 0 aromatic heterocycles. The summed E-state index contributed by atoms with van der Waals surface area (Å²) in [5, 5.41) is 3.54. The molecule has 0 unspecified atom stereocenters. The summed E-state index contributed by atoms with van der Waals surface area (Å²) in [5.41, 5.74) is 0.361. The van der Waals surface area contributed by atoms with Gasteiger partial charge in [0.2, 0.25) is 5.91 Å². The van der Waals surface area contributed by atoms with Crippen LogP contribution in [0, 0.1) is 0 Å². The Morgan fingerprint density at radius 2 is 1.72 bits per heavy atom. The number of hydrogen-bond donors (Lipinski definition) is 1. The zero-order valence-corrected chi connectivity index (χ0v) is 22.8. The second kappa shape index (κ2) is 13.6. The number of carbonyl (C=O) groups is 1. The van der Waals surface area contributed by atoms with E-state index in [9.17, 15) is 13.2 Å². The first kappa shape index (κ1) is 28.0. The highest BCUT2D eigenvalue weighted by Gasteiger charge is 2.28. The molecule has 1 saturated carbocycles. The average molecular weight is 537 g/mol. The highest BCUT2D eigenvalue weighted by molar-refractivity contribution is 7.99. The lowest BCUT2D eigenvalue weighted by molar-refractivity contribution is -0.119. The Labute approximate surface area is 218 Å². The molecule has 0 spiro atoms. The Balaban J connectivity index is 1.77. The van der Waals surface area contributed by atoms with E-state index in [1.165, 1.54) is 64.5 Å². The highest BCUT2D eigenvalue weighted by Crippen LogP contribution is 2.33. The molecule has 0 bridgehead atoms. The van der Waals surface area contributed by atoms with Crippen molar-refractivity contribution in [2.75, 3.05) is 44.0 Å². The minimum absolute atomic E-state index is 0.00492. The molecule has 0 radical (unpaired) electrons. The van der Waals surface area contributed by atoms with Gasteiger partial charge in [0, 0.05) is 23.6 Å². The summed E-state index contributed by atoms with van der Waals surface area (Å²) in [4.78, 5) is 12.8. The standard InChI is InChI=1S/C26H36N2O6S2/c1-4-34-21-12-10-20(11-13-21)28(19-26(29)27-16-17-35-22-8-6-5-7-9-22)36(30,31)23-14-15-24(32-2)25(18-23)33-3/h10-15,18,22H,4-9,16-17,19H2,1-3H3,(H,27,29). The number of sulfonamides is 1. The smallest absolute Gasteiger partial charge is 0.264 e. The van der Waals surface area contributed by atoms with E-state index < -0.39 is 10.0 Å². The quantitative estimate of drug-likeness (QED) is 0.377. The van der Waals surface area contributed by atoms with Gasteiger partial charge in [-0.3, -0.25) is 9.10 Å². The first-order chi connectivity index (χ1) is 17.4. The van der Waals surface area contributed by atoms with Crippen LogP contribution in [0.25, 0.3) is 0 Å². The summed E-state index contributed by atoms with van der Waals surface area (Å²) in [6.07, 6.45) is 6.31. The number of hydrogen-bond acceptors (Lipinski definition) is 7. The maximum Gasteiger partial charge on any atom is 0.264 e. The minimum atomic E-state index is -4.09. The Bertz CT molecular complexity index is 1090. The van der Waals surface area contributed by atoms with Crippen molar-refractivity contribution in [3.05, 3.63) is 42.5 Å². The van der Waals surface area contributed by atoms with Gasteiger partial charge in [0.05, 0.1) is 31.4 Å². The largest absolute Gasteiger partial charge is 0.494 e. The van der Waals surface area contributed by atoms with E-state index in [4.69, 9.17) is 14.2 Å². The fraction of sp³-hybridized carbons (Fsp3) is 0.500. The number of anilines is 1. The van der Waals surface area contributed by atoms with Crippen LogP contribution in [0.3, 0.4) is 0 Å². The molecule has 198 valence electrons. The second-order valence-electron chi connectivity index (χ2n) is 8.44. The van der Waals surface area contributed by atoms with Crippen molar-refractivity contribution < 1.29 is 27.4 Å². The number of methoxy groups -OCH3 is 2. The van der Waals surface area contributed by atoms with Crippen molar-refractivity contribution in [2.45, 2.75) is 49.2 Å². The average Bonchev–Trinajstić information content (AvgIpc) is 2.90. The minimum Gasteiger partial charge on any atom is -0.494 e. The summed E-state index contributed by atoms with van der Waals surface area (Å²) in [7, 11) is -1.17. The van der Waals surface area contributed by atoms with E-state index in [2.05, 4.69) is 5.32 Å². The zero-order chi connectivity index (χ0) is 26.0. The molecular formula is C26H36N2O6S2. The van der Waals surface area contributed by atoms with E-state index in [0.29, 0.717) is 35.6 Å². The molecule has 8 nitrogen and oxygen atoms in total. The number of ether oxygens (including phenoxy) is 3. The van der Waals surface area contributed by atoms with E-state index in [0.717, 1.165) is 10.1 Å². The van der Waals surface area contributed by atoms with Crippen LogP contribution >= 0.6 is 11.8 Å². The van der Waals surface area contributed by atoms with Crippen LogP contribution in [-0.4, -0.2) is 59.2 Å². The molecule has 1 aliphatic rings. The van der Waals surface area contributed by atoms with Gasteiger partial charge in [-0.15, -0.1) is 0 Å². The summed E-state index contributed by atoms with van der Waals surface area (Å²) < 4.78 is 44.5. The lowest BCUT2D eigenvalue weighted by Crippen LogP contribution is -2.41. The maximum atomic E-state index is 13.7. The van der Waals surface area contributed by atoms with Crippen LogP contribution in [0.5, 0.6) is 17.2 Å². The molecule has 1 N–H and O–H groups in total. The van der Waals surface area contributed by atoms with Crippen molar-refractivity contribution in [2.24, 2.45) is 0 Å². The Morgan fingerprint density at radius 1 is 1.03 bits per heavy atom. The van der Waals surface area contributed by atoms with Crippen LogP contribution in [-0.2, 0) is 14.8 Å². The van der Waals surface area contributed by atoms with Gasteiger partial charge < -0.3 is 19.5 Å². The number of carbonyl (C=O) groups excluding carboxylic acids is 1. The van der Waals surface area contributed by atoms with Gasteiger partial charge in [-0.05, 0) is 56.2 Å². The lowest BCUT2D eigenvalue weighted by atomic mass is 10.0. The molecule has 1 amide bonds. The topological polar surface area (TPSA) is 94.2 Å². The van der Waals surface area contributed by atoms with Crippen LogP contribution < -0.4 is 23.8 Å². The molecule has 2 aromatic rings. The van der Waals surface area contributed by atoms with E-state index in [-0.39, 0.29) is 23.1 Å². The fourth-order valence-corrected chi connectivity index (χ4v) is 6.79. The van der Waals surface area contributed by atoms with Gasteiger partial charge in [-0.2, -0.15) is 11.8 Å². The zero-order valence-electron chi connectivity index (χ0n) is 21.2. The third-order valence-corrected chi connectivity index (χ3v) is 9.15. The Morgan fingerprint density at radius 3 is 2.36 bits per heavy atom. The molecule has 0 saturated heterocycles. The molecule has 1 fully saturated rings. The number of nitrogens with one attached hydrogen (secondary N) is 1. The first-order valence-electron chi connectivity index (χ1n) is 12.2. The van der Waals surface area contributed by atoms with Gasteiger partial charge in [0.1, 0.15) is 12.3 Å². The van der Waals surface area contributed by atoms with Gasteiger partial charge >= 0.3 is 0 Å². The number of amides is 1. The van der Waals surface area contributed by atoms with Crippen molar-refractivity contribution in [1.29, 1.82) is 0 Å². The number of nitrogens with zero attached hydrogens (tertiary/aromatic N) is 1. The number of benzene rings is 2. The number of thioether (sulfide) groups is 1. The fourth-order valence-electron chi connectivity index (χ4n) is 4.13. The van der Waals surface area contributed by atoms with Crippen LogP contribution in [0.1, 0.15) is 39.0 Å².